The predicted molar refractivity (Wildman–Crippen MR) is 73.9 cm³/mol. The lowest BCUT2D eigenvalue weighted by Gasteiger charge is -2.03. The van der Waals surface area contributed by atoms with Crippen LogP contribution in [0.1, 0.15) is 31.2 Å². The molecule has 2 N–H and O–H groups in total. The largest absolute Gasteiger partial charge is 0.368 e. The second-order valence-corrected chi connectivity index (χ2v) is 4.68. The maximum absolute atomic E-state index is 13.5. The summed E-state index contributed by atoms with van der Waals surface area (Å²) in [6, 6.07) is 2.97. The number of aryl methyl sites for hydroxylation is 1. The maximum Gasteiger partial charge on any atom is 0.218 e. The van der Waals surface area contributed by atoms with Crippen LogP contribution in [0.15, 0.2) is 23.3 Å². The van der Waals surface area contributed by atoms with Crippen LogP contribution in [0.5, 0.6) is 0 Å². The van der Waals surface area contributed by atoms with Gasteiger partial charge in [0.15, 0.2) is 5.82 Å². The molecule has 0 aromatic carbocycles. The quantitative estimate of drug-likeness (QED) is 0.676. The Morgan fingerprint density at radius 1 is 1.50 bits per heavy atom. The molecule has 0 fully saturated rings. The average Bonchev–Trinajstić information content (AvgIpc) is 2.72. The highest BCUT2D eigenvalue weighted by atomic mass is 19.1. The Kier molecular flexibility index (Phi) is 4.07. The summed E-state index contributed by atoms with van der Waals surface area (Å²) in [7, 11) is 0. The van der Waals surface area contributed by atoms with Gasteiger partial charge in [0.25, 0.3) is 0 Å². The number of aromatic nitrogens is 4. The Bertz CT molecular complexity index is 632. The number of hydrogen-bond donors (Lipinski definition) is 1. The molecular weight excluding hydrogens is 259 g/mol. The summed E-state index contributed by atoms with van der Waals surface area (Å²) in [6.45, 7) is 5.61. The number of pyridine rings is 1. The summed E-state index contributed by atoms with van der Waals surface area (Å²) >= 11 is 0. The van der Waals surface area contributed by atoms with Crippen molar-refractivity contribution in [2.75, 3.05) is 0 Å². The lowest BCUT2D eigenvalue weighted by Crippen LogP contribution is -2.26. The SMILES string of the molecule is Cc1nc(Cc2ncccc2F)nn1C(N)=NC(C)C. The van der Waals surface area contributed by atoms with Gasteiger partial charge in [-0.1, -0.05) is 0 Å². The van der Waals surface area contributed by atoms with Crippen molar-refractivity contribution in [3.8, 4) is 0 Å². The highest BCUT2D eigenvalue weighted by Gasteiger charge is 2.12. The van der Waals surface area contributed by atoms with Crippen molar-refractivity contribution in [2.45, 2.75) is 33.2 Å². The maximum atomic E-state index is 13.5. The Morgan fingerprint density at radius 3 is 2.90 bits per heavy atom. The highest BCUT2D eigenvalue weighted by Crippen LogP contribution is 2.08. The number of nitrogens with two attached hydrogens (primary N) is 1. The van der Waals surface area contributed by atoms with Crippen LogP contribution in [-0.4, -0.2) is 31.7 Å². The topological polar surface area (TPSA) is 82.0 Å². The van der Waals surface area contributed by atoms with E-state index in [1.165, 1.54) is 16.9 Å². The molecule has 0 spiro atoms. The highest BCUT2D eigenvalue weighted by molar-refractivity contribution is 5.80. The monoisotopic (exact) mass is 276 g/mol. The van der Waals surface area contributed by atoms with Crippen molar-refractivity contribution < 1.29 is 4.39 Å². The lowest BCUT2D eigenvalue weighted by atomic mass is 10.2. The minimum Gasteiger partial charge on any atom is -0.368 e. The standard InChI is InChI=1S/C13H17FN6/c1-8(2)17-13(15)20-9(3)18-12(19-20)7-11-10(14)5-4-6-16-11/h4-6,8H,7H2,1-3H3,(H2,15,17). The molecule has 0 radical (unpaired) electrons. The summed E-state index contributed by atoms with van der Waals surface area (Å²) in [4.78, 5) is 12.5. The van der Waals surface area contributed by atoms with E-state index in [4.69, 9.17) is 5.73 Å². The molecule has 0 aliphatic rings. The molecule has 7 heteroatoms. The van der Waals surface area contributed by atoms with Gasteiger partial charge in [-0.3, -0.25) is 4.98 Å². The molecule has 0 saturated heterocycles. The van der Waals surface area contributed by atoms with Crippen molar-refractivity contribution in [2.24, 2.45) is 10.7 Å². The van der Waals surface area contributed by atoms with E-state index in [9.17, 15) is 4.39 Å². The van der Waals surface area contributed by atoms with E-state index < -0.39 is 0 Å². The van der Waals surface area contributed by atoms with Gasteiger partial charge in [-0.25, -0.2) is 14.4 Å². The zero-order chi connectivity index (χ0) is 14.7. The Labute approximate surface area is 116 Å². The molecule has 6 nitrogen and oxygen atoms in total. The first-order chi connectivity index (χ1) is 9.47. The predicted octanol–water partition coefficient (Wildman–Crippen LogP) is 1.28. The molecule has 20 heavy (non-hydrogen) atoms. The Balaban J connectivity index is 2.26. The summed E-state index contributed by atoms with van der Waals surface area (Å²) in [5.41, 5.74) is 6.16. The minimum absolute atomic E-state index is 0.0651. The summed E-state index contributed by atoms with van der Waals surface area (Å²) < 4.78 is 15.0. The van der Waals surface area contributed by atoms with Crippen LogP contribution in [0.4, 0.5) is 4.39 Å². The van der Waals surface area contributed by atoms with E-state index in [0.717, 1.165) is 0 Å². The molecule has 2 rings (SSSR count). The zero-order valence-corrected chi connectivity index (χ0v) is 11.7. The van der Waals surface area contributed by atoms with Crippen molar-refractivity contribution in [1.82, 2.24) is 19.7 Å². The van der Waals surface area contributed by atoms with E-state index in [1.54, 1.807) is 13.0 Å². The lowest BCUT2D eigenvalue weighted by molar-refractivity contribution is 0.601. The first kappa shape index (κ1) is 14.1. The van der Waals surface area contributed by atoms with Crippen LogP contribution in [0, 0.1) is 12.7 Å². The van der Waals surface area contributed by atoms with Crippen molar-refractivity contribution in [1.29, 1.82) is 0 Å². The second kappa shape index (κ2) is 5.77. The number of aliphatic imine (C=N–C) groups is 1. The van der Waals surface area contributed by atoms with Crippen molar-refractivity contribution in [3.05, 3.63) is 41.5 Å². The fourth-order valence-corrected chi connectivity index (χ4v) is 1.75. The molecule has 0 amide bonds. The third-order valence-corrected chi connectivity index (χ3v) is 2.58. The smallest absolute Gasteiger partial charge is 0.218 e. The first-order valence-corrected chi connectivity index (χ1v) is 6.33. The van der Waals surface area contributed by atoms with Gasteiger partial charge in [0.05, 0.1) is 12.1 Å². The molecule has 0 aliphatic heterocycles. The fourth-order valence-electron chi connectivity index (χ4n) is 1.75. The molecule has 0 atom stereocenters. The molecule has 0 unspecified atom stereocenters. The number of nitrogens with zero attached hydrogens (tertiary/aromatic N) is 5. The van der Waals surface area contributed by atoms with Crippen LogP contribution >= 0.6 is 0 Å². The third kappa shape index (κ3) is 3.17. The fraction of sp³-hybridized carbons (Fsp3) is 0.385. The van der Waals surface area contributed by atoms with E-state index >= 15 is 0 Å². The van der Waals surface area contributed by atoms with Gasteiger partial charge >= 0.3 is 0 Å². The van der Waals surface area contributed by atoms with Gasteiger partial charge in [-0.2, -0.15) is 4.68 Å². The third-order valence-electron chi connectivity index (χ3n) is 2.58. The van der Waals surface area contributed by atoms with Crippen LogP contribution in [0.2, 0.25) is 0 Å². The molecule has 2 aromatic heterocycles. The average molecular weight is 276 g/mol. The molecule has 2 heterocycles. The first-order valence-electron chi connectivity index (χ1n) is 6.33. The van der Waals surface area contributed by atoms with Gasteiger partial charge in [-0.05, 0) is 32.9 Å². The molecule has 0 bridgehead atoms. The van der Waals surface area contributed by atoms with E-state index in [0.29, 0.717) is 17.3 Å². The van der Waals surface area contributed by atoms with Crippen LogP contribution < -0.4 is 5.73 Å². The Morgan fingerprint density at radius 2 is 2.25 bits per heavy atom. The van der Waals surface area contributed by atoms with E-state index in [2.05, 4.69) is 20.1 Å². The van der Waals surface area contributed by atoms with Crippen molar-refractivity contribution >= 4 is 5.96 Å². The number of hydrogen-bond acceptors (Lipinski definition) is 4. The number of rotatable bonds is 3. The molecule has 2 aromatic rings. The van der Waals surface area contributed by atoms with Gasteiger partial charge in [0, 0.05) is 12.2 Å². The van der Waals surface area contributed by atoms with Crippen LogP contribution in [0.3, 0.4) is 0 Å². The molecule has 0 saturated carbocycles. The van der Waals surface area contributed by atoms with Gasteiger partial charge < -0.3 is 5.73 Å². The normalized spacial score (nSPS) is 12.2. The van der Waals surface area contributed by atoms with Gasteiger partial charge in [0.1, 0.15) is 11.6 Å². The molecule has 0 aliphatic carbocycles. The number of halogens is 1. The minimum atomic E-state index is -0.370. The van der Waals surface area contributed by atoms with Crippen LogP contribution in [-0.2, 0) is 6.42 Å². The van der Waals surface area contributed by atoms with Gasteiger partial charge in [0.2, 0.25) is 5.96 Å². The molecular formula is C13H17FN6. The zero-order valence-electron chi connectivity index (χ0n) is 11.7. The molecule has 106 valence electrons. The van der Waals surface area contributed by atoms with Gasteiger partial charge in [-0.15, -0.1) is 5.10 Å². The van der Waals surface area contributed by atoms with Crippen LogP contribution in [0.25, 0.3) is 0 Å². The summed E-state index contributed by atoms with van der Waals surface area (Å²) in [5.74, 6) is 0.975. The van der Waals surface area contributed by atoms with E-state index in [1.807, 2.05) is 13.8 Å². The Hall–Kier alpha value is -2.31. The van der Waals surface area contributed by atoms with E-state index in [-0.39, 0.29) is 24.2 Å². The summed E-state index contributed by atoms with van der Waals surface area (Å²) in [6.07, 6.45) is 1.76. The van der Waals surface area contributed by atoms with Crippen molar-refractivity contribution in [3.63, 3.8) is 0 Å². The summed E-state index contributed by atoms with van der Waals surface area (Å²) in [5, 5.41) is 4.24. The second-order valence-electron chi connectivity index (χ2n) is 4.68.